The minimum atomic E-state index is -1.61. The second-order valence-corrected chi connectivity index (χ2v) is 4.26. The second-order valence-electron chi connectivity index (χ2n) is 4.26. The molecule has 1 aromatic rings. The van der Waals surface area contributed by atoms with Crippen LogP contribution in [0.25, 0.3) is 0 Å². The Hall–Kier alpha value is -1.76. The number of hydrogen-bond donors (Lipinski definition) is 2. The average molecular weight is 275 g/mol. The average Bonchev–Trinajstić information content (AvgIpc) is 2.35. The van der Waals surface area contributed by atoms with Crippen LogP contribution in [0.5, 0.6) is 0 Å². The summed E-state index contributed by atoms with van der Waals surface area (Å²) in [5.41, 5.74) is -0.399. The first-order chi connectivity index (χ1) is 8.91. The zero-order valence-corrected chi connectivity index (χ0v) is 10.8. The van der Waals surface area contributed by atoms with Crippen molar-refractivity contribution in [2.45, 2.75) is 6.42 Å². The van der Waals surface area contributed by atoms with Gasteiger partial charge in [0.1, 0.15) is 0 Å². The van der Waals surface area contributed by atoms with Gasteiger partial charge in [-0.1, -0.05) is 0 Å². The van der Waals surface area contributed by atoms with Crippen LogP contribution in [0.4, 0.5) is 23.7 Å². The molecule has 0 aromatic heterocycles. The number of rotatable bonds is 5. The lowest BCUT2D eigenvalue weighted by Crippen LogP contribution is -2.31. The number of halogens is 3. The number of nitrogens with zero attached hydrogens (tertiary/aromatic N) is 1. The lowest BCUT2D eigenvalue weighted by molar-refractivity contribution is 0.251. The Morgan fingerprint density at radius 3 is 2.53 bits per heavy atom. The van der Waals surface area contributed by atoms with Gasteiger partial charge in [-0.15, -0.1) is 0 Å². The molecule has 0 atom stereocenters. The Kier molecular flexibility index (Phi) is 5.62. The maximum Gasteiger partial charge on any atom is 0.319 e. The quantitative estimate of drug-likeness (QED) is 0.639. The summed E-state index contributed by atoms with van der Waals surface area (Å²) in [4.78, 5) is 13.3. The molecule has 106 valence electrons. The molecule has 0 spiro atoms. The fourth-order valence-corrected chi connectivity index (χ4v) is 1.39. The third-order valence-electron chi connectivity index (χ3n) is 2.35. The van der Waals surface area contributed by atoms with E-state index in [2.05, 4.69) is 10.6 Å². The van der Waals surface area contributed by atoms with Gasteiger partial charge in [0.05, 0.1) is 5.69 Å². The van der Waals surface area contributed by atoms with Gasteiger partial charge in [0.15, 0.2) is 17.5 Å². The predicted molar refractivity (Wildman–Crippen MR) is 66.5 cm³/mol. The Morgan fingerprint density at radius 1 is 1.21 bits per heavy atom. The normalized spacial score (nSPS) is 10.6. The predicted octanol–water partition coefficient (Wildman–Crippen LogP) is 2.18. The molecule has 1 rings (SSSR count). The number of benzene rings is 1. The minimum absolute atomic E-state index is 0.398. The minimum Gasteiger partial charge on any atom is -0.338 e. The van der Waals surface area contributed by atoms with E-state index in [9.17, 15) is 18.0 Å². The summed E-state index contributed by atoms with van der Waals surface area (Å²) in [6.07, 6.45) is 0.723. The van der Waals surface area contributed by atoms with E-state index in [4.69, 9.17) is 0 Å². The number of nitrogens with one attached hydrogen (secondary N) is 2. The van der Waals surface area contributed by atoms with E-state index in [0.717, 1.165) is 25.1 Å². The van der Waals surface area contributed by atoms with Gasteiger partial charge in [-0.05, 0) is 39.2 Å². The van der Waals surface area contributed by atoms with E-state index >= 15 is 0 Å². The first-order valence-corrected chi connectivity index (χ1v) is 5.75. The number of carbonyl (C=O) groups excluding carboxylic acids is 1. The third kappa shape index (κ3) is 4.78. The van der Waals surface area contributed by atoms with Crippen LogP contribution in [0.15, 0.2) is 12.1 Å². The van der Waals surface area contributed by atoms with Crippen LogP contribution in [0, 0.1) is 17.5 Å². The van der Waals surface area contributed by atoms with Crippen molar-refractivity contribution in [2.75, 3.05) is 32.5 Å². The molecule has 0 saturated carbocycles. The molecule has 0 aliphatic carbocycles. The number of carbonyl (C=O) groups is 1. The molecule has 2 amide bonds. The van der Waals surface area contributed by atoms with Crippen molar-refractivity contribution in [3.63, 3.8) is 0 Å². The third-order valence-corrected chi connectivity index (χ3v) is 2.35. The molecule has 2 N–H and O–H groups in total. The summed E-state index contributed by atoms with van der Waals surface area (Å²) in [7, 11) is 3.80. The Morgan fingerprint density at radius 2 is 1.89 bits per heavy atom. The SMILES string of the molecule is CN(C)CCCNC(=O)Nc1ccc(F)c(F)c1F. The summed E-state index contributed by atoms with van der Waals surface area (Å²) >= 11 is 0. The first kappa shape index (κ1) is 15.3. The van der Waals surface area contributed by atoms with Crippen LogP contribution in [0.3, 0.4) is 0 Å². The summed E-state index contributed by atoms with van der Waals surface area (Å²) < 4.78 is 38.8. The topological polar surface area (TPSA) is 44.4 Å². The molecule has 0 heterocycles. The summed E-state index contributed by atoms with van der Waals surface area (Å²) in [5.74, 6) is -4.32. The molecule has 4 nitrogen and oxygen atoms in total. The fraction of sp³-hybridized carbons (Fsp3) is 0.417. The van der Waals surface area contributed by atoms with Crippen molar-refractivity contribution in [2.24, 2.45) is 0 Å². The highest BCUT2D eigenvalue weighted by molar-refractivity contribution is 5.89. The van der Waals surface area contributed by atoms with E-state index in [1.807, 2.05) is 19.0 Å². The van der Waals surface area contributed by atoms with Crippen LogP contribution < -0.4 is 10.6 Å². The first-order valence-electron chi connectivity index (χ1n) is 5.75. The molecule has 0 unspecified atom stereocenters. The van der Waals surface area contributed by atoms with Crippen molar-refractivity contribution >= 4 is 11.7 Å². The van der Waals surface area contributed by atoms with Crippen molar-refractivity contribution in [3.05, 3.63) is 29.6 Å². The highest BCUT2D eigenvalue weighted by Crippen LogP contribution is 2.19. The summed E-state index contributed by atoms with van der Waals surface area (Å²) in [6, 6.07) is 1.05. The van der Waals surface area contributed by atoms with Gasteiger partial charge >= 0.3 is 6.03 Å². The second kappa shape index (κ2) is 6.98. The van der Waals surface area contributed by atoms with Gasteiger partial charge < -0.3 is 15.5 Å². The maximum absolute atomic E-state index is 13.3. The van der Waals surface area contributed by atoms with E-state index < -0.39 is 29.2 Å². The summed E-state index contributed by atoms with van der Waals surface area (Å²) in [5, 5.41) is 4.61. The highest BCUT2D eigenvalue weighted by atomic mass is 19.2. The van der Waals surface area contributed by atoms with Crippen LogP contribution in [-0.2, 0) is 0 Å². The number of anilines is 1. The molecule has 0 fully saturated rings. The lowest BCUT2D eigenvalue weighted by Gasteiger charge is -2.11. The largest absolute Gasteiger partial charge is 0.338 e. The number of hydrogen-bond acceptors (Lipinski definition) is 2. The molecule has 7 heteroatoms. The van der Waals surface area contributed by atoms with Crippen LogP contribution in [-0.4, -0.2) is 38.1 Å². The Bertz CT molecular complexity index is 452. The number of amides is 2. The van der Waals surface area contributed by atoms with Crippen molar-refractivity contribution in [1.29, 1.82) is 0 Å². The van der Waals surface area contributed by atoms with Gasteiger partial charge in [-0.3, -0.25) is 0 Å². The lowest BCUT2D eigenvalue weighted by atomic mass is 10.3. The Labute approximate surface area is 109 Å². The number of urea groups is 1. The maximum atomic E-state index is 13.3. The van der Waals surface area contributed by atoms with Crippen LogP contribution in [0.1, 0.15) is 6.42 Å². The zero-order chi connectivity index (χ0) is 14.4. The molecule has 0 radical (unpaired) electrons. The fourth-order valence-electron chi connectivity index (χ4n) is 1.39. The van der Waals surface area contributed by atoms with E-state index in [-0.39, 0.29) is 0 Å². The van der Waals surface area contributed by atoms with Gasteiger partial charge in [0, 0.05) is 6.54 Å². The molecule has 0 saturated heterocycles. The molecule has 0 aliphatic heterocycles. The van der Waals surface area contributed by atoms with Gasteiger partial charge in [0.2, 0.25) is 0 Å². The molecular weight excluding hydrogens is 259 g/mol. The van der Waals surface area contributed by atoms with Crippen LogP contribution >= 0.6 is 0 Å². The molecule has 0 aliphatic rings. The molecule has 0 bridgehead atoms. The van der Waals surface area contributed by atoms with Crippen molar-refractivity contribution in [3.8, 4) is 0 Å². The smallest absolute Gasteiger partial charge is 0.319 e. The standard InChI is InChI=1S/C12H16F3N3O/c1-18(2)7-3-6-16-12(19)17-9-5-4-8(13)10(14)11(9)15/h4-5H,3,6-7H2,1-2H3,(H2,16,17,19). The van der Waals surface area contributed by atoms with Crippen LogP contribution in [0.2, 0.25) is 0 Å². The van der Waals surface area contributed by atoms with Crippen molar-refractivity contribution in [1.82, 2.24) is 10.2 Å². The zero-order valence-electron chi connectivity index (χ0n) is 10.8. The van der Waals surface area contributed by atoms with Crippen molar-refractivity contribution < 1.29 is 18.0 Å². The molecule has 19 heavy (non-hydrogen) atoms. The molecule has 1 aromatic carbocycles. The highest BCUT2D eigenvalue weighted by Gasteiger charge is 2.14. The Balaban J connectivity index is 2.47. The van der Waals surface area contributed by atoms with E-state index in [1.54, 1.807) is 0 Å². The van der Waals surface area contributed by atoms with Gasteiger partial charge in [0.25, 0.3) is 0 Å². The summed E-state index contributed by atoms with van der Waals surface area (Å²) in [6.45, 7) is 1.19. The van der Waals surface area contributed by atoms with Gasteiger partial charge in [-0.25, -0.2) is 18.0 Å². The van der Waals surface area contributed by atoms with E-state index in [1.165, 1.54) is 0 Å². The molecular formula is C12H16F3N3O. The monoisotopic (exact) mass is 275 g/mol. The van der Waals surface area contributed by atoms with Gasteiger partial charge in [-0.2, -0.15) is 0 Å². The van der Waals surface area contributed by atoms with E-state index in [0.29, 0.717) is 6.54 Å².